The van der Waals surface area contributed by atoms with Crippen LogP contribution in [0.15, 0.2) is 18.3 Å². The molecule has 19 heavy (non-hydrogen) atoms. The van der Waals surface area contributed by atoms with E-state index in [1.165, 1.54) is 0 Å². The van der Waals surface area contributed by atoms with Crippen LogP contribution in [-0.2, 0) is 6.18 Å². The van der Waals surface area contributed by atoms with Gasteiger partial charge in [-0.2, -0.15) is 13.2 Å². The highest BCUT2D eigenvalue weighted by Crippen LogP contribution is 2.28. The average Bonchev–Trinajstić information content (AvgIpc) is 2.37. The zero-order valence-corrected chi connectivity index (χ0v) is 11.7. The third-order valence-corrected chi connectivity index (χ3v) is 2.98. The summed E-state index contributed by atoms with van der Waals surface area (Å²) in [6, 6.07) is 1.93. The van der Waals surface area contributed by atoms with Crippen LogP contribution in [0.4, 0.5) is 13.2 Å². The van der Waals surface area contributed by atoms with Crippen LogP contribution in [0.5, 0.6) is 0 Å². The van der Waals surface area contributed by atoms with Gasteiger partial charge in [0, 0.05) is 18.1 Å². The molecule has 0 spiro atoms. The van der Waals surface area contributed by atoms with E-state index in [0.717, 1.165) is 36.7 Å². The van der Waals surface area contributed by atoms with E-state index < -0.39 is 17.6 Å². The topological polar surface area (TPSA) is 42.0 Å². The van der Waals surface area contributed by atoms with E-state index >= 15 is 0 Å². The zero-order chi connectivity index (χ0) is 14.3. The maximum atomic E-state index is 12.3. The summed E-state index contributed by atoms with van der Waals surface area (Å²) in [5, 5.41) is 3.54. The summed E-state index contributed by atoms with van der Waals surface area (Å²) in [6.07, 6.45) is -0.935. The van der Waals surface area contributed by atoms with Crippen LogP contribution >= 0.6 is 15.9 Å². The standard InChI is InChI=1S/C12H14BrF3N2O/c13-6-2-1-3-7-17-11(19)10-5-4-9(8-18-10)12(14,15)16/h4-5,8H,1-3,6-7H2,(H,17,19). The zero-order valence-electron chi connectivity index (χ0n) is 10.1. The van der Waals surface area contributed by atoms with Gasteiger partial charge in [0.05, 0.1) is 5.56 Å². The SMILES string of the molecule is O=C(NCCCCCBr)c1ccc(C(F)(F)F)cn1. The lowest BCUT2D eigenvalue weighted by atomic mass is 10.2. The molecule has 0 saturated heterocycles. The lowest BCUT2D eigenvalue weighted by Gasteiger charge is -2.07. The van der Waals surface area contributed by atoms with Gasteiger partial charge in [0.15, 0.2) is 0 Å². The second kappa shape index (κ2) is 7.47. The van der Waals surface area contributed by atoms with E-state index in [4.69, 9.17) is 0 Å². The van der Waals surface area contributed by atoms with Crippen LogP contribution in [0.25, 0.3) is 0 Å². The highest BCUT2D eigenvalue weighted by atomic mass is 79.9. The van der Waals surface area contributed by atoms with E-state index in [-0.39, 0.29) is 5.69 Å². The van der Waals surface area contributed by atoms with E-state index in [2.05, 4.69) is 26.2 Å². The molecule has 0 aromatic carbocycles. The van der Waals surface area contributed by atoms with Gasteiger partial charge in [0.1, 0.15) is 5.69 Å². The number of nitrogens with zero attached hydrogens (tertiary/aromatic N) is 1. The lowest BCUT2D eigenvalue weighted by Crippen LogP contribution is -2.25. The monoisotopic (exact) mass is 338 g/mol. The average molecular weight is 339 g/mol. The number of amides is 1. The molecule has 0 bridgehead atoms. The molecule has 0 unspecified atom stereocenters. The summed E-state index contributed by atoms with van der Waals surface area (Å²) in [5.74, 6) is -0.451. The Bertz CT molecular complexity index is 406. The van der Waals surface area contributed by atoms with Crippen LogP contribution in [0.1, 0.15) is 35.3 Å². The number of pyridine rings is 1. The first kappa shape index (κ1) is 15.9. The Kier molecular flexibility index (Phi) is 6.27. The molecule has 1 rings (SSSR count). The van der Waals surface area contributed by atoms with Crippen LogP contribution < -0.4 is 5.32 Å². The van der Waals surface area contributed by atoms with Crippen LogP contribution in [-0.4, -0.2) is 22.8 Å². The number of rotatable bonds is 6. The van der Waals surface area contributed by atoms with Gasteiger partial charge in [-0.05, 0) is 25.0 Å². The number of hydrogen-bond acceptors (Lipinski definition) is 2. The van der Waals surface area contributed by atoms with Crippen molar-refractivity contribution in [3.05, 3.63) is 29.6 Å². The molecule has 0 aliphatic carbocycles. The molecule has 0 radical (unpaired) electrons. The maximum Gasteiger partial charge on any atom is 0.417 e. The quantitative estimate of drug-likeness (QED) is 0.638. The summed E-state index contributed by atoms with van der Waals surface area (Å²) < 4.78 is 36.9. The van der Waals surface area contributed by atoms with E-state index in [1.807, 2.05) is 0 Å². The largest absolute Gasteiger partial charge is 0.417 e. The number of nitrogens with one attached hydrogen (secondary N) is 1. The number of carbonyl (C=O) groups is 1. The molecular weight excluding hydrogens is 325 g/mol. The molecule has 0 saturated carbocycles. The van der Waals surface area contributed by atoms with Crippen molar-refractivity contribution >= 4 is 21.8 Å². The number of hydrogen-bond donors (Lipinski definition) is 1. The van der Waals surface area contributed by atoms with Crippen molar-refractivity contribution in [3.8, 4) is 0 Å². The van der Waals surface area contributed by atoms with Crippen molar-refractivity contribution in [1.82, 2.24) is 10.3 Å². The summed E-state index contributed by atoms with van der Waals surface area (Å²) >= 11 is 3.30. The van der Waals surface area contributed by atoms with Crippen LogP contribution in [0, 0.1) is 0 Å². The van der Waals surface area contributed by atoms with Gasteiger partial charge in [-0.3, -0.25) is 9.78 Å². The Labute approximate surface area is 117 Å². The van der Waals surface area contributed by atoms with Gasteiger partial charge in [-0.1, -0.05) is 22.4 Å². The molecule has 0 fully saturated rings. The normalized spacial score (nSPS) is 11.4. The molecule has 1 heterocycles. The van der Waals surface area contributed by atoms with Crippen molar-refractivity contribution in [2.24, 2.45) is 0 Å². The fourth-order valence-corrected chi connectivity index (χ4v) is 1.78. The first-order valence-electron chi connectivity index (χ1n) is 5.82. The molecule has 3 nitrogen and oxygen atoms in total. The fourth-order valence-electron chi connectivity index (χ4n) is 1.38. The molecule has 1 amide bonds. The van der Waals surface area contributed by atoms with Crippen molar-refractivity contribution < 1.29 is 18.0 Å². The molecule has 0 aliphatic heterocycles. The Morgan fingerprint density at radius 3 is 2.53 bits per heavy atom. The molecule has 0 aliphatic rings. The second-order valence-corrected chi connectivity index (χ2v) is 4.73. The van der Waals surface area contributed by atoms with Crippen molar-refractivity contribution in [1.29, 1.82) is 0 Å². The minimum absolute atomic E-state index is 0.00603. The number of unbranched alkanes of at least 4 members (excludes halogenated alkanes) is 2. The Morgan fingerprint density at radius 2 is 2.00 bits per heavy atom. The molecule has 1 aromatic rings. The van der Waals surface area contributed by atoms with Crippen LogP contribution in [0.2, 0.25) is 0 Å². The smallest absolute Gasteiger partial charge is 0.351 e. The third kappa shape index (κ3) is 5.59. The second-order valence-electron chi connectivity index (χ2n) is 3.94. The fraction of sp³-hybridized carbons (Fsp3) is 0.500. The number of halogens is 4. The maximum absolute atomic E-state index is 12.3. The van der Waals surface area contributed by atoms with Gasteiger partial charge < -0.3 is 5.32 Å². The summed E-state index contributed by atoms with van der Waals surface area (Å²) in [7, 11) is 0. The third-order valence-electron chi connectivity index (χ3n) is 2.42. The Balaban J connectivity index is 2.45. The summed E-state index contributed by atoms with van der Waals surface area (Å²) in [5.41, 5.74) is -0.866. The van der Waals surface area contributed by atoms with Gasteiger partial charge >= 0.3 is 6.18 Å². The first-order chi connectivity index (χ1) is 8.95. The Hall–Kier alpha value is -1.11. The van der Waals surface area contributed by atoms with E-state index in [1.54, 1.807) is 0 Å². The van der Waals surface area contributed by atoms with Gasteiger partial charge in [-0.15, -0.1) is 0 Å². The molecule has 1 aromatic heterocycles. The van der Waals surface area contributed by atoms with E-state index in [0.29, 0.717) is 12.7 Å². The predicted molar refractivity (Wildman–Crippen MR) is 69.2 cm³/mol. The molecule has 106 valence electrons. The first-order valence-corrected chi connectivity index (χ1v) is 6.94. The summed E-state index contributed by atoms with van der Waals surface area (Å²) in [6.45, 7) is 0.495. The van der Waals surface area contributed by atoms with Crippen molar-refractivity contribution in [2.75, 3.05) is 11.9 Å². The highest BCUT2D eigenvalue weighted by Gasteiger charge is 2.30. The molecular formula is C12H14BrF3N2O. The highest BCUT2D eigenvalue weighted by molar-refractivity contribution is 9.09. The molecule has 7 heteroatoms. The van der Waals surface area contributed by atoms with Crippen LogP contribution in [0.3, 0.4) is 0 Å². The van der Waals surface area contributed by atoms with Gasteiger partial charge in [0.25, 0.3) is 5.91 Å². The van der Waals surface area contributed by atoms with Crippen molar-refractivity contribution in [2.45, 2.75) is 25.4 Å². The minimum atomic E-state index is -4.43. The number of carbonyl (C=O) groups excluding carboxylic acids is 1. The predicted octanol–water partition coefficient (Wildman–Crippen LogP) is 3.40. The van der Waals surface area contributed by atoms with Gasteiger partial charge in [0.2, 0.25) is 0 Å². The number of alkyl halides is 4. The van der Waals surface area contributed by atoms with Crippen molar-refractivity contribution in [3.63, 3.8) is 0 Å². The van der Waals surface area contributed by atoms with E-state index in [9.17, 15) is 18.0 Å². The number of aromatic nitrogens is 1. The lowest BCUT2D eigenvalue weighted by molar-refractivity contribution is -0.137. The molecule has 1 N–H and O–H groups in total. The minimum Gasteiger partial charge on any atom is -0.351 e. The van der Waals surface area contributed by atoms with Gasteiger partial charge in [-0.25, -0.2) is 0 Å². The summed E-state index contributed by atoms with van der Waals surface area (Å²) in [4.78, 5) is 15.1. The Morgan fingerprint density at radius 1 is 1.26 bits per heavy atom. The molecule has 0 atom stereocenters.